The van der Waals surface area contributed by atoms with Crippen molar-refractivity contribution in [2.24, 2.45) is 5.92 Å². The van der Waals surface area contributed by atoms with Crippen LogP contribution in [0.2, 0.25) is 0 Å². The Balaban J connectivity index is 1.23. The lowest BCUT2D eigenvalue weighted by atomic mass is 9.93. The van der Waals surface area contributed by atoms with E-state index in [4.69, 9.17) is 4.52 Å². The number of nitrogens with zero attached hydrogens (tertiary/aromatic N) is 4. The van der Waals surface area contributed by atoms with Gasteiger partial charge in [-0.3, -0.25) is 14.6 Å². The Kier molecular flexibility index (Phi) is 5.78. The van der Waals surface area contributed by atoms with Gasteiger partial charge in [0.2, 0.25) is 11.8 Å². The summed E-state index contributed by atoms with van der Waals surface area (Å²) in [7, 11) is 0. The molecule has 4 rings (SSSR count). The molecule has 3 fully saturated rings. The monoisotopic (exact) mass is 375 g/mol. The highest BCUT2D eigenvalue weighted by atomic mass is 16.5. The van der Waals surface area contributed by atoms with Crippen LogP contribution in [-0.2, 0) is 11.3 Å². The van der Waals surface area contributed by atoms with E-state index < -0.39 is 0 Å². The lowest BCUT2D eigenvalue weighted by Gasteiger charge is -2.41. The number of carbonyl (C=O) groups is 1. The molecule has 0 spiro atoms. The van der Waals surface area contributed by atoms with E-state index >= 15 is 0 Å². The average molecular weight is 376 g/mol. The summed E-state index contributed by atoms with van der Waals surface area (Å²) in [5.41, 5.74) is 0. The molecule has 1 saturated carbocycles. The molecule has 27 heavy (non-hydrogen) atoms. The molecule has 2 aliphatic heterocycles. The number of nitrogens with one attached hydrogen (secondary N) is 1. The van der Waals surface area contributed by atoms with Gasteiger partial charge in [0.25, 0.3) is 0 Å². The Hall–Kier alpha value is -1.47. The SMILES string of the molecule is CC(C)c1noc(CN2CCC(N3CCCC(C(=O)NC4CC4)C3)CC2)n1. The van der Waals surface area contributed by atoms with Crippen LogP contribution in [0, 0.1) is 5.92 Å². The van der Waals surface area contributed by atoms with Gasteiger partial charge in [-0.05, 0) is 45.1 Å². The van der Waals surface area contributed by atoms with Crippen LogP contribution >= 0.6 is 0 Å². The van der Waals surface area contributed by atoms with Gasteiger partial charge in [0.1, 0.15) is 0 Å². The van der Waals surface area contributed by atoms with Crippen molar-refractivity contribution < 1.29 is 9.32 Å². The van der Waals surface area contributed by atoms with Crippen molar-refractivity contribution in [3.63, 3.8) is 0 Å². The first-order chi connectivity index (χ1) is 13.1. The number of hydrogen-bond donors (Lipinski definition) is 1. The number of likely N-dealkylation sites (tertiary alicyclic amines) is 2. The highest BCUT2D eigenvalue weighted by Gasteiger charge is 2.34. The quantitative estimate of drug-likeness (QED) is 0.821. The van der Waals surface area contributed by atoms with Crippen LogP contribution in [-0.4, -0.2) is 64.1 Å². The molecule has 150 valence electrons. The Bertz CT molecular complexity index is 634. The van der Waals surface area contributed by atoms with Crippen LogP contribution in [0.5, 0.6) is 0 Å². The lowest BCUT2D eigenvalue weighted by Crippen LogP contribution is -2.50. The number of aromatic nitrogens is 2. The molecular weight excluding hydrogens is 342 g/mol. The number of amides is 1. The molecule has 1 aliphatic carbocycles. The second-order valence-corrected chi connectivity index (χ2v) is 8.83. The second kappa shape index (κ2) is 8.27. The molecule has 1 unspecified atom stereocenters. The van der Waals surface area contributed by atoms with E-state index in [-0.39, 0.29) is 11.8 Å². The predicted octanol–water partition coefficient (Wildman–Crippen LogP) is 2.15. The molecule has 7 heteroatoms. The minimum Gasteiger partial charge on any atom is -0.353 e. The molecule has 1 atom stereocenters. The van der Waals surface area contributed by atoms with Crippen molar-refractivity contribution in [2.45, 2.75) is 76.9 Å². The van der Waals surface area contributed by atoms with E-state index in [0.29, 0.717) is 18.0 Å². The molecule has 1 aromatic rings. The van der Waals surface area contributed by atoms with Crippen LogP contribution in [0.4, 0.5) is 0 Å². The molecule has 1 aromatic heterocycles. The van der Waals surface area contributed by atoms with Gasteiger partial charge in [-0.15, -0.1) is 0 Å². The number of rotatable bonds is 6. The largest absolute Gasteiger partial charge is 0.353 e. The Morgan fingerprint density at radius 2 is 1.96 bits per heavy atom. The van der Waals surface area contributed by atoms with Crippen molar-refractivity contribution in [2.75, 3.05) is 26.2 Å². The zero-order valence-electron chi connectivity index (χ0n) is 16.7. The number of hydrogen-bond acceptors (Lipinski definition) is 6. The van der Waals surface area contributed by atoms with E-state index in [0.717, 1.165) is 70.1 Å². The third-order valence-electron chi connectivity index (χ3n) is 6.18. The summed E-state index contributed by atoms with van der Waals surface area (Å²) in [5.74, 6) is 2.30. The lowest BCUT2D eigenvalue weighted by molar-refractivity contribution is -0.127. The summed E-state index contributed by atoms with van der Waals surface area (Å²) in [4.78, 5) is 21.9. The van der Waals surface area contributed by atoms with Gasteiger partial charge >= 0.3 is 0 Å². The first-order valence-electron chi connectivity index (χ1n) is 10.7. The standard InChI is InChI=1S/C20H33N5O2/c1-14(2)19-22-18(27-23-19)13-24-10-7-17(8-11-24)25-9-3-4-15(12-25)20(26)21-16-5-6-16/h14-17H,3-13H2,1-2H3,(H,21,26). The zero-order valence-corrected chi connectivity index (χ0v) is 16.7. The Morgan fingerprint density at radius 1 is 1.19 bits per heavy atom. The van der Waals surface area contributed by atoms with Crippen LogP contribution in [0.1, 0.15) is 70.0 Å². The maximum Gasteiger partial charge on any atom is 0.240 e. The predicted molar refractivity (Wildman–Crippen MR) is 102 cm³/mol. The van der Waals surface area contributed by atoms with Crippen molar-refractivity contribution in [3.05, 3.63) is 11.7 Å². The molecule has 0 bridgehead atoms. The van der Waals surface area contributed by atoms with Crippen LogP contribution < -0.4 is 5.32 Å². The highest BCUT2D eigenvalue weighted by Crippen LogP contribution is 2.26. The normalized spacial score (nSPS) is 25.8. The Labute approximate surface area is 161 Å². The highest BCUT2D eigenvalue weighted by molar-refractivity contribution is 5.79. The van der Waals surface area contributed by atoms with Gasteiger partial charge in [0.15, 0.2) is 5.82 Å². The molecule has 1 amide bonds. The van der Waals surface area contributed by atoms with E-state index in [1.165, 1.54) is 12.8 Å². The zero-order chi connectivity index (χ0) is 18.8. The van der Waals surface area contributed by atoms with Gasteiger partial charge in [0.05, 0.1) is 12.5 Å². The van der Waals surface area contributed by atoms with Crippen LogP contribution in [0.25, 0.3) is 0 Å². The first kappa shape index (κ1) is 18.9. The van der Waals surface area contributed by atoms with Crippen molar-refractivity contribution in [3.8, 4) is 0 Å². The van der Waals surface area contributed by atoms with Gasteiger partial charge < -0.3 is 9.84 Å². The molecule has 2 saturated heterocycles. The smallest absolute Gasteiger partial charge is 0.240 e. The van der Waals surface area contributed by atoms with Gasteiger partial charge in [0, 0.05) is 37.6 Å². The summed E-state index contributed by atoms with van der Waals surface area (Å²) in [6.07, 6.45) is 6.83. The minimum atomic E-state index is 0.185. The summed E-state index contributed by atoms with van der Waals surface area (Å²) >= 11 is 0. The molecule has 0 aromatic carbocycles. The van der Waals surface area contributed by atoms with E-state index in [9.17, 15) is 4.79 Å². The summed E-state index contributed by atoms with van der Waals surface area (Å²) in [6, 6.07) is 1.07. The fraction of sp³-hybridized carbons (Fsp3) is 0.850. The summed E-state index contributed by atoms with van der Waals surface area (Å²) < 4.78 is 5.39. The Morgan fingerprint density at radius 3 is 2.63 bits per heavy atom. The third kappa shape index (κ3) is 4.88. The average Bonchev–Trinajstić information content (AvgIpc) is 3.37. The van der Waals surface area contributed by atoms with Gasteiger partial charge in [-0.25, -0.2) is 0 Å². The van der Waals surface area contributed by atoms with Crippen LogP contribution in [0.3, 0.4) is 0 Å². The van der Waals surface area contributed by atoms with Crippen LogP contribution in [0.15, 0.2) is 4.52 Å². The second-order valence-electron chi connectivity index (χ2n) is 8.83. The van der Waals surface area contributed by atoms with Crippen molar-refractivity contribution in [1.29, 1.82) is 0 Å². The maximum atomic E-state index is 12.4. The van der Waals surface area contributed by atoms with Crippen molar-refractivity contribution >= 4 is 5.91 Å². The van der Waals surface area contributed by atoms with E-state index in [1.54, 1.807) is 0 Å². The molecule has 3 heterocycles. The fourth-order valence-corrected chi connectivity index (χ4v) is 4.30. The van der Waals surface area contributed by atoms with Crippen molar-refractivity contribution in [1.82, 2.24) is 25.3 Å². The number of carbonyl (C=O) groups excluding carboxylic acids is 1. The molecular formula is C20H33N5O2. The summed E-state index contributed by atoms with van der Waals surface area (Å²) in [6.45, 7) is 9.09. The van der Waals surface area contributed by atoms with Gasteiger partial charge in [-0.2, -0.15) is 4.98 Å². The molecule has 1 N–H and O–H groups in total. The molecule has 0 radical (unpaired) electrons. The fourth-order valence-electron chi connectivity index (χ4n) is 4.30. The summed E-state index contributed by atoms with van der Waals surface area (Å²) in [5, 5.41) is 7.25. The topological polar surface area (TPSA) is 74.5 Å². The number of piperidine rings is 2. The first-order valence-corrected chi connectivity index (χ1v) is 10.7. The third-order valence-corrected chi connectivity index (χ3v) is 6.18. The minimum absolute atomic E-state index is 0.185. The van der Waals surface area contributed by atoms with Gasteiger partial charge in [-0.1, -0.05) is 19.0 Å². The molecule has 3 aliphatic rings. The maximum absolute atomic E-state index is 12.4. The van der Waals surface area contributed by atoms with E-state index in [1.807, 2.05) is 0 Å². The van der Waals surface area contributed by atoms with E-state index in [2.05, 4.69) is 39.1 Å². The molecule has 7 nitrogen and oxygen atoms in total.